The summed E-state index contributed by atoms with van der Waals surface area (Å²) < 4.78 is 10.5. The molecule has 0 saturated carbocycles. The van der Waals surface area contributed by atoms with Gasteiger partial charge in [-0.15, -0.1) is 0 Å². The van der Waals surface area contributed by atoms with Crippen molar-refractivity contribution in [1.29, 1.82) is 0 Å². The van der Waals surface area contributed by atoms with Crippen LogP contribution < -0.4 is 9.47 Å². The molecule has 0 aliphatic rings. The summed E-state index contributed by atoms with van der Waals surface area (Å²) in [6, 6.07) is 5.41. The summed E-state index contributed by atoms with van der Waals surface area (Å²) in [7, 11) is 1.60. The molecule has 15 heavy (non-hydrogen) atoms. The highest BCUT2D eigenvalue weighted by atomic mass is 16.5. The van der Waals surface area contributed by atoms with Crippen LogP contribution in [0.5, 0.6) is 11.5 Å². The third-order valence-corrected chi connectivity index (χ3v) is 1.79. The molecule has 80 valence electrons. The normalized spacial score (nSPS) is 9.00. The van der Waals surface area contributed by atoms with Gasteiger partial charge in [-0.2, -0.15) is 0 Å². The lowest BCUT2D eigenvalue weighted by Gasteiger charge is -2.07. The summed E-state index contributed by atoms with van der Waals surface area (Å²) in [5.74, 6) is 6.83. The quantitative estimate of drug-likeness (QED) is 0.760. The minimum atomic E-state index is -0.164. The fourth-order valence-corrected chi connectivity index (χ4v) is 1.15. The molecule has 1 rings (SSSR count). The van der Waals surface area contributed by atoms with Crippen LogP contribution in [0.15, 0.2) is 18.2 Å². The van der Waals surface area contributed by atoms with E-state index in [1.54, 1.807) is 13.2 Å². The Bertz CT molecular complexity index is 374. The lowest BCUT2D eigenvalue weighted by atomic mass is 10.2. The van der Waals surface area contributed by atoms with Crippen molar-refractivity contribution in [1.82, 2.24) is 0 Å². The van der Waals surface area contributed by atoms with Gasteiger partial charge in [-0.3, -0.25) is 0 Å². The van der Waals surface area contributed by atoms with Crippen LogP contribution in [0.1, 0.15) is 12.5 Å². The molecule has 0 unspecified atom stereocenters. The number of benzene rings is 1. The van der Waals surface area contributed by atoms with E-state index < -0.39 is 0 Å². The molecule has 0 heterocycles. The average molecular weight is 206 g/mol. The van der Waals surface area contributed by atoms with Crippen LogP contribution in [-0.2, 0) is 0 Å². The lowest BCUT2D eigenvalue weighted by molar-refractivity contribution is 0.338. The average Bonchev–Trinajstić information content (AvgIpc) is 2.28. The molecule has 0 bridgehead atoms. The number of hydrogen-bond donors (Lipinski definition) is 1. The Hall–Kier alpha value is -1.66. The zero-order chi connectivity index (χ0) is 11.1. The third kappa shape index (κ3) is 3.19. The molecule has 1 aromatic rings. The van der Waals surface area contributed by atoms with E-state index >= 15 is 0 Å². The van der Waals surface area contributed by atoms with Gasteiger partial charge >= 0.3 is 0 Å². The maximum Gasteiger partial charge on any atom is 0.135 e. The van der Waals surface area contributed by atoms with Gasteiger partial charge in [0.1, 0.15) is 18.1 Å². The van der Waals surface area contributed by atoms with Gasteiger partial charge in [-0.1, -0.05) is 11.8 Å². The number of aliphatic hydroxyl groups is 1. The molecular weight excluding hydrogens is 192 g/mol. The van der Waals surface area contributed by atoms with Gasteiger partial charge in [-0.25, -0.2) is 0 Å². The summed E-state index contributed by atoms with van der Waals surface area (Å²) in [6.45, 7) is 2.33. The molecule has 0 atom stereocenters. The van der Waals surface area contributed by atoms with Crippen molar-refractivity contribution < 1.29 is 14.6 Å². The highest BCUT2D eigenvalue weighted by Gasteiger charge is 2.02. The topological polar surface area (TPSA) is 38.7 Å². The first kappa shape index (κ1) is 11.4. The molecule has 0 spiro atoms. The molecule has 0 aromatic heterocycles. The van der Waals surface area contributed by atoms with E-state index in [1.165, 1.54) is 0 Å². The van der Waals surface area contributed by atoms with Crippen LogP contribution in [0, 0.1) is 11.8 Å². The van der Waals surface area contributed by atoms with Gasteiger partial charge in [0.2, 0.25) is 0 Å². The maximum atomic E-state index is 8.63. The standard InChI is InChI=1S/C12H14O3/c1-3-15-12-7-6-11(14-2)9-10(12)5-4-8-13/h6-7,9,13H,3,8H2,1-2H3. The molecule has 1 aromatic carbocycles. The predicted molar refractivity (Wildman–Crippen MR) is 58.1 cm³/mol. The van der Waals surface area contributed by atoms with Crippen molar-refractivity contribution in [2.24, 2.45) is 0 Å². The molecule has 0 aliphatic heterocycles. The molecule has 3 heteroatoms. The monoisotopic (exact) mass is 206 g/mol. The van der Waals surface area contributed by atoms with Gasteiger partial charge in [0.15, 0.2) is 0 Å². The highest BCUT2D eigenvalue weighted by molar-refractivity contribution is 5.50. The van der Waals surface area contributed by atoms with Crippen LogP contribution in [-0.4, -0.2) is 25.4 Å². The fourth-order valence-electron chi connectivity index (χ4n) is 1.15. The van der Waals surface area contributed by atoms with E-state index in [0.717, 1.165) is 11.3 Å². The fraction of sp³-hybridized carbons (Fsp3) is 0.333. The SMILES string of the molecule is CCOc1ccc(OC)cc1C#CCO. The van der Waals surface area contributed by atoms with Crippen LogP contribution in [0.2, 0.25) is 0 Å². The maximum absolute atomic E-state index is 8.63. The first-order valence-corrected chi connectivity index (χ1v) is 4.72. The van der Waals surface area contributed by atoms with Crippen molar-refractivity contribution in [3.63, 3.8) is 0 Å². The number of ether oxygens (including phenoxy) is 2. The Kier molecular flexibility index (Phi) is 4.52. The number of methoxy groups -OCH3 is 1. The zero-order valence-corrected chi connectivity index (χ0v) is 8.91. The second-order valence-corrected chi connectivity index (χ2v) is 2.75. The number of rotatable bonds is 3. The highest BCUT2D eigenvalue weighted by Crippen LogP contribution is 2.23. The lowest BCUT2D eigenvalue weighted by Crippen LogP contribution is -1.95. The van der Waals surface area contributed by atoms with Gasteiger partial charge in [-0.05, 0) is 25.1 Å². The Morgan fingerprint density at radius 3 is 2.80 bits per heavy atom. The summed E-state index contributed by atoms with van der Waals surface area (Å²) in [6.07, 6.45) is 0. The number of aliphatic hydroxyl groups excluding tert-OH is 1. The summed E-state index contributed by atoms with van der Waals surface area (Å²) in [5.41, 5.74) is 0.727. The van der Waals surface area contributed by atoms with E-state index in [9.17, 15) is 0 Å². The zero-order valence-electron chi connectivity index (χ0n) is 8.91. The molecule has 0 saturated heterocycles. The molecule has 0 radical (unpaired) electrons. The van der Waals surface area contributed by atoms with E-state index in [4.69, 9.17) is 14.6 Å². The van der Waals surface area contributed by atoms with Crippen LogP contribution in [0.3, 0.4) is 0 Å². The van der Waals surface area contributed by atoms with Crippen molar-refractivity contribution in [3.05, 3.63) is 23.8 Å². The van der Waals surface area contributed by atoms with E-state index in [1.807, 2.05) is 19.1 Å². The van der Waals surface area contributed by atoms with Crippen molar-refractivity contribution in [2.75, 3.05) is 20.3 Å². The Morgan fingerprint density at radius 1 is 1.40 bits per heavy atom. The van der Waals surface area contributed by atoms with Gasteiger partial charge < -0.3 is 14.6 Å². The first-order valence-electron chi connectivity index (χ1n) is 4.72. The predicted octanol–water partition coefficient (Wildman–Crippen LogP) is 1.44. The first-order chi connectivity index (χ1) is 7.31. The second kappa shape index (κ2) is 5.94. The minimum Gasteiger partial charge on any atom is -0.497 e. The van der Waals surface area contributed by atoms with Crippen molar-refractivity contribution >= 4 is 0 Å². The largest absolute Gasteiger partial charge is 0.497 e. The molecule has 0 amide bonds. The van der Waals surface area contributed by atoms with Crippen LogP contribution >= 0.6 is 0 Å². The smallest absolute Gasteiger partial charge is 0.135 e. The van der Waals surface area contributed by atoms with Crippen LogP contribution in [0.25, 0.3) is 0 Å². The molecule has 1 N–H and O–H groups in total. The van der Waals surface area contributed by atoms with E-state index in [2.05, 4.69) is 11.8 Å². The van der Waals surface area contributed by atoms with Gasteiger partial charge in [0.05, 0.1) is 19.3 Å². The molecule has 0 fully saturated rings. The second-order valence-electron chi connectivity index (χ2n) is 2.75. The molecule has 0 aliphatic carbocycles. The Balaban J connectivity index is 3.04. The van der Waals surface area contributed by atoms with Crippen molar-refractivity contribution in [2.45, 2.75) is 6.92 Å². The summed E-state index contributed by atoms with van der Waals surface area (Å²) in [5, 5.41) is 8.63. The van der Waals surface area contributed by atoms with Gasteiger partial charge in [0, 0.05) is 0 Å². The van der Waals surface area contributed by atoms with Gasteiger partial charge in [0.25, 0.3) is 0 Å². The summed E-state index contributed by atoms with van der Waals surface area (Å²) in [4.78, 5) is 0. The number of hydrogen-bond acceptors (Lipinski definition) is 3. The van der Waals surface area contributed by atoms with Crippen molar-refractivity contribution in [3.8, 4) is 23.3 Å². The third-order valence-electron chi connectivity index (χ3n) is 1.79. The van der Waals surface area contributed by atoms with Crippen LogP contribution in [0.4, 0.5) is 0 Å². The van der Waals surface area contributed by atoms with E-state index in [-0.39, 0.29) is 6.61 Å². The molecule has 3 nitrogen and oxygen atoms in total. The molecular formula is C12H14O3. The van der Waals surface area contributed by atoms with E-state index in [0.29, 0.717) is 12.4 Å². The minimum absolute atomic E-state index is 0.164. The summed E-state index contributed by atoms with van der Waals surface area (Å²) >= 11 is 0. The Labute approximate surface area is 89.6 Å². The Morgan fingerprint density at radius 2 is 2.20 bits per heavy atom.